The molecule has 0 spiro atoms. The molecular weight excluding hydrogens is 278 g/mol. The number of anilines is 1. The van der Waals surface area contributed by atoms with Crippen LogP contribution < -0.4 is 5.32 Å². The zero-order chi connectivity index (χ0) is 15.8. The summed E-state index contributed by atoms with van der Waals surface area (Å²) in [6.07, 6.45) is 0.206. The summed E-state index contributed by atoms with van der Waals surface area (Å²) >= 11 is 0. The van der Waals surface area contributed by atoms with Crippen molar-refractivity contribution in [3.63, 3.8) is 0 Å². The molecule has 0 bridgehead atoms. The molecule has 21 heavy (non-hydrogen) atoms. The Labute approximate surface area is 121 Å². The van der Waals surface area contributed by atoms with Crippen molar-refractivity contribution in [3.8, 4) is 0 Å². The van der Waals surface area contributed by atoms with E-state index in [1.807, 2.05) is 0 Å². The lowest BCUT2D eigenvalue weighted by atomic mass is 10.3. The zero-order valence-corrected chi connectivity index (χ0v) is 11.9. The van der Waals surface area contributed by atoms with Gasteiger partial charge < -0.3 is 10.1 Å². The summed E-state index contributed by atoms with van der Waals surface area (Å²) in [6.45, 7) is 0.508. The summed E-state index contributed by atoms with van der Waals surface area (Å²) in [5, 5.41) is 13.1. The number of nitrogens with zero attached hydrogens (tertiary/aromatic N) is 2. The molecule has 1 aromatic carbocycles. The van der Waals surface area contributed by atoms with Gasteiger partial charge in [0.15, 0.2) is 0 Å². The third kappa shape index (κ3) is 6.00. The number of ether oxygens (including phenoxy) is 1. The van der Waals surface area contributed by atoms with Crippen molar-refractivity contribution >= 4 is 23.3 Å². The maximum Gasteiger partial charge on any atom is 0.306 e. The van der Waals surface area contributed by atoms with Crippen LogP contribution in [0.25, 0.3) is 0 Å². The van der Waals surface area contributed by atoms with E-state index >= 15 is 0 Å². The first kappa shape index (κ1) is 16.6. The van der Waals surface area contributed by atoms with E-state index in [2.05, 4.69) is 10.1 Å². The first-order chi connectivity index (χ1) is 9.92. The Bertz CT molecular complexity index is 515. The number of likely N-dealkylation sites (N-methyl/N-ethyl adjacent to an activating group) is 1. The monoisotopic (exact) mass is 295 g/mol. The number of carbonyl (C=O) groups excluding carboxylic acids is 2. The lowest BCUT2D eigenvalue weighted by Gasteiger charge is -2.15. The van der Waals surface area contributed by atoms with E-state index in [4.69, 9.17) is 0 Å². The van der Waals surface area contributed by atoms with Crippen LogP contribution >= 0.6 is 0 Å². The third-order valence-corrected chi connectivity index (χ3v) is 2.70. The predicted octanol–water partition coefficient (Wildman–Crippen LogP) is 1.03. The van der Waals surface area contributed by atoms with Crippen LogP contribution in [0.15, 0.2) is 24.3 Å². The van der Waals surface area contributed by atoms with Gasteiger partial charge in [0.1, 0.15) is 0 Å². The molecule has 0 unspecified atom stereocenters. The zero-order valence-electron chi connectivity index (χ0n) is 11.9. The van der Waals surface area contributed by atoms with E-state index in [1.54, 1.807) is 11.9 Å². The van der Waals surface area contributed by atoms with Crippen LogP contribution in [0.3, 0.4) is 0 Å². The van der Waals surface area contributed by atoms with Crippen molar-refractivity contribution in [2.45, 2.75) is 6.42 Å². The Hall–Kier alpha value is -2.48. The smallest absolute Gasteiger partial charge is 0.306 e. The second-order valence-corrected chi connectivity index (χ2v) is 4.42. The predicted molar refractivity (Wildman–Crippen MR) is 75.9 cm³/mol. The Morgan fingerprint density at radius 1 is 1.33 bits per heavy atom. The third-order valence-electron chi connectivity index (χ3n) is 2.70. The number of methoxy groups -OCH3 is 1. The summed E-state index contributed by atoms with van der Waals surface area (Å²) in [7, 11) is 3.02. The molecule has 0 fully saturated rings. The van der Waals surface area contributed by atoms with Gasteiger partial charge >= 0.3 is 5.97 Å². The Morgan fingerprint density at radius 2 is 1.95 bits per heavy atom. The van der Waals surface area contributed by atoms with E-state index in [1.165, 1.54) is 31.4 Å². The molecule has 0 aromatic heterocycles. The molecule has 1 rings (SSSR count). The van der Waals surface area contributed by atoms with Crippen LogP contribution in [-0.2, 0) is 14.3 Å². The summed E-state index contributed by atoms with van der Waals surface area (Å²) < 4.78 is 4.51. The molecule has 0 aliphatic rings. The number of rotatable bonds is 7. The number of non-ortho nitro benzene ring substituents is 1. The second kappa shape index (κ2) is 7.95. The lowest BCUT2D eigenvalue weighted by Crippen LogP contribution is -2.31. The van der Waals surface area contributed by atoms with Crippen molar-refractivity contribution < 1.29 is 19.2 Å². The number of nitro benzene ring substituents is 1. The van der Waals surface area contributed by atoms with Crippen LogP contribution in [0.2, 0.25) is 0 Å². The van der Waals surface area contributed by atoms with E-state index in [0.29, 0.717) is 12.2 Å². The van der Waals surface area contributed by atoms with Crippen LogP contribution in [0, 0.1) is 10.1 Å². The summed E-state index contributed by atoms with van der Waals surface area (Å²) in [6, 6.07) is 5.56. The summed E-state index contributed by atoms with van der Waals surface area (Å²) in [5.74, 6) is -0.603. The lowest BCUT2D eigenvalue weighted by molar-refractivity contribution is -0.384. The van der Waals surface area contributed by atoms with Gasteiger partial charge in [-0.25, -0.2) is 0 Å². The average Bonchev–Trinajstić information content (AvgIpc) is 2.45. The molecule has 0 saturated carbocycles. The minimum Gasteiger partial charge on any atom is -0.469 e. The molecule has 1 aromatic rings. The number of esters is 1. The van der Waals surface area contributed by atoms with Gasteiger partial charge in [0.05, 0.1) is 25.0 Å². The molecular formula is C13H17N3O5. The highest BCUT2D eigenvalue weighted by Gasteiger charge is 2.10. The maximum absolute atomic E-state index is 11.8. The number of benzene rings is 1. The number of hydrogen-bond donors (Lipinski definition) is 1. The molecule has 0 aliphatic heterocycles. The first-order valence-electron chi connectivity index (χ1n) is 6.22. The fraction of sp³-hybridized carbons (Fsp3) is 0.385. The van der Waals surface area contributed by atoms with Gasteiger partial charge in [-0.2, -0.15) is 0 Å². The van der Waals surface area contributed by atoms with Gasteiger partial charge in [0.2, 0.25) is 5.91 Å². The topological polar surface area (TPSA) is 102 Å². The number of nitro groups is 1. The standard InChI is InChI=1S/C13H17N3O5/c1-15(8-7-13(18)21-2)9-12(17)14-10-3-5-11(6-4-10)16(19)20/h3-6H,7-9H2,1-2H3,(H,14,17). The highest BCUT2D eigenvalue weighted by molar-refractivity contribution is 5.92. The molecule has 8 nitrogen and oxygen atoms in total. The van der Waals surface area contributed by atoms with Gasteiger partial charge in [-0.1, -0.05) is 0 Å². The fourth-order valence-electron chi connectivity index (χ4n) is 1.58. The quantitative estimate of drug-likeness (QED) is 0.458. The Balaban J connectivity index is 2.42. The van der Waals surface area contributed by atoms with Crippen LogP contribution in [-0.4, -0.2) is 48.9 Å². The summed E-state index contributed by atoms with van der Waals surface area (Å²) in [5.41, 5.74) is 0.440. The van der Waals surface area contributed by atoms with Gasteiger partial charge in [0.25, 0.3) is 5.69 Å². The Kier molecular flexibility index (Phi) is 6.28. The van der Waals surface area contributed by atoms with Gasteiger partial charge in [-0.3, -0.25) is 24.6 Å². The number of hydrogen-bond acceptors (Lipinski definition) is 6. The van der Waals surface area contributed by atoms with Gasteiger partial charge in [-0.05, 0) is 19.2 Å². The number of carbonyl (C=O) groups is 2. The number of amides is 1. The number of nitrogens with one attached hydrogen (secondary N) is 1. The van der Waals surface area contributed by atoms with E-state index in [-0.39, 0.29) is 30.5 Å². The first-order valence-corrected chi connectivity index (χ1v) is 6.22. The van der Waals surface area contributed by atoms with Crippen molar-refractivity contribution in [2.24, 2.45) is 0 Å². The van der Waals surface area contributed by atoms with Crippen LogP contribution in [0.5, 0.6) is 0 Å². The minimum atomic E-state index is -0.508. The highest BCUT2D eigenvalue weighted by Crippen LogP contribution is 2.15. The molecule has 1 N–H and O–H groups in total. The van der Waals surface area contributed by atoms with Crippen LogP contribution in [0.1, 0.15) is 6.42 Å². The fourth-order valence-corrected chi connectivity index (χ4v) is 1.58. The van der Waals surface area contributed by atoms with E-state index in [0.717, 1.165) is 0 Å². The normalized spacial score (nSPS) is 10.2. The second-order valence-electron chi connectivity index (χ2n) is 4.42. The Morgan fingerprint density at radius 3 is 2.48 bits per heavy atom. The van der Waals surface area contributed by atoms with Crippen molar-refractivity contribution in [1.82, 2.24) is 4.90 Å². The minimum absolute atomic E-state index is 0.0387. The molecule has 8 heteroatoms. The average molecular weight is 295 g/mol. The molecule has 114 valence electrons. The summed E-state index contributed by atoms with van der Waals surface area (Å²) in [4.78, 5) is 34.4. The van der Waals surface area contributed by atoms with Gasteiger partial charge in [-0.15, -0.1) is 0 Å². The van der Waals surface area contributed by atoms with E-state index in [9.17, 15) is 19.7 Å². The highest BCUT2D eigenvalue weighted by atomic mass is 16.6. The molecule has 0 aliphatic carbocycles. The molecule has 1 amide bonds. The van der Waals surface area contributed by atoms with Crippen molar-refractivity contribution in [1.29, 1.82) is 0 Å². The molecule has 0 atom stereocenters. The SMILES string of the molecule is COC(=O)CCN(C)CC(=O)Nc1ccc([N+](=O)[O-])cc1. The van der Waals surface area contributed by atoms with Crippen molar-refractivity contribution in [3.05, 3.63) is 34.4 Å². The molecule has 0 heterocycles. The van der Waals surface area contributed by atoms with Crippen molar-refractivity contribution in [2.75, 3.05) is 32.6 Å². The van der Waals surface area contributed by atoms with Gasteiger partial charge in [0, 0.05) is 24.4 Å². The van der Waals surface area contributed by atoms with Crippen LogP contribution in [0.4, 0.5) is 11.4 Å². The molecule has 0 saturated heterocycles. The van der Waals surface area contributed by atoms with E-state index < -0.39 is 4.92 Å². The maximum atomic E-state index is 11.8. The largest absolute Gasteiger partial charge is 0.469 e. The molecule has 0 radical (unpaired) electrons.